The van der Waals surface area contributed by atoms with E-state index in [0.717, 1.165) is 12.1 Å². The number of benzene rings is 2. The summed E-state index contributed by atoms with van der Waals surface area (Å²) in [6.07, 6.45) is -4.47. The lowest BCUT2D eigenvalue weighted by Gasteiger charge is -2.11. The van der Waals surface area contributed by atoms with Crippen molar-refractivity contribution in [3.8, 4) is 11.5 Å². The van der Waals surface area contributed by atoms with E-state index in [4.69, 9.17) is 21.1 Å². The Morgan fingerprint density at radius 3 is 2.58 bits per heavy atom. The maximum Gasteiger partial charge on any atom is 0.416 e. The van der Waals surface area contributed by atoms with Gasteiger partial charge in [-0.3, -0.25) is 4.79 Å². The number of anilines is 1. The molecule has 0 bridgehead atoms. The van der Waals surface area contributed by atoms with Gasteiger partial charge in [-0.15, -0.1) is 0 Å². The van der Waals surface area contributed by atoms with Crippen molar-refractivity contribution < 1.29 is 27.4 Å². The van der Waals surface area contributed by atoms with Gasteiger partial charge in [0, 0.05) is 5.69 Å². The Hall–Kier alpha value is -2.41. The third kappa shape index (κ3) is 4.79. The van der Waals surface area contributed by atoms with Crippen molar-refractivity contribution in [3.63, 3.8) is 0 Å². The highest BCUT2D eigenvalue weighted by Crippen LogP contribution is 2.31. The van der Waals surface area contributed by atoms with E-state index in [9.17, 15) is 18.0 Å². The van der Waals surface area contributed by atoms with E-state index in [1.165, 1.54) is 25.3 Å². The van der Waals surface area contributed by atoms with Crippen LogP contribution in [0.4, 0.5) is 18.9 Å². The Morgan fingerprint density at radius 2 is 1.96 bits per heavy atom. The highest BCUT2D eigenvalue weighted by molar-refractivity contribution is 6.32. The Morgan fingerprint density at radius 1 is 1.21 bits per heavy atom. The Kier molecular flexibility index (Phi) is 5.56. The van der Waals surface area contributed by atoms with Gasteiger partial charge in [0.05, 0.1) is 17.7 Å². The molecule has 0 saturated carbocycles. The van der Waals surface area contributed by atoms with Gasteiger partial charge in [-0.25, -0.2) is 0 Å². The molecule has 0 heterocycles. The Labute approximate surface area is 141 Å². The van der Waals surface area contributed by atoms with Crippen molar-refractivity contribution in [2.75, 3.05) is 19.0 Å². The topological polar surface area (TPSA) is 47.6 Å². The summed E-state index contributed by atoms with van der Waals surface area (Å²) in [5.74, 6) is -0.128. The zero-order chi connectivity index (χ0) is 17.7. The lowest BCUT2D eigenvalue weighted by Crippen LogP contribution is -2.20. The van der Waals surface area contributed by atoms with Gasteiger partial charge < -0.3 is 14.8 Å². The molecule has 8 heteroatoms. The van der Waals surface area contributed by atoms with Gasteiger partial charge in [0.25, 0.3) is 5.91 Å². The van der Waals surface area contributed by atoms with Crippen LogP contribution in [0, 0.1) is 0 Å². The molecule has 0 saturated heterocycles. The van der Waals surface area contributed by atoms with Gasteiger partial charge in [-0.1, -0.05) is 17.7 Å². The van der Waals surface area contributed by atoms with E-state index < -0.39 is 24.3 Å². The molecule has 4 nitrogen and oxygen atoms in total. The van der Waals surface area contributed by atoms with Crippen LogP contribution in [0.15, 0.2) is 42.5 Å². The molecule has 1 N–H and O–H groups in total. The maximum atomic E-state index is 12.6. The van der Waals surface area contributed by atoms with Crippen LogP contribution in [-0.4, -0.2) is 19.6 Å². The molecule has 128 valence electrons. The van der Waals surface area contributed by atoms with Gasteiger partial charge in [0.15, 0.2) is 6.61 Å². The minimum absolute atomic E-state index is 0.0484. The van der Waals surface area contributed by atoms with E-state index in [2.05, 4.69) is 5.32 Å². The van der Waals surface area contributed by atoms with Crippen molar-refractivity contribution in [2.45, 2.75) is 6.18 Å². The van der Waals surface area contributed by atoms with Crippen LogP contribution in [0.1, 0.15) is 5.56 Å². The predicted molar refractivity (Wildman–Crippen MR) is 83.6 cm³/mol. The fraction of sp³-hybridized carbons (Fsp3) is 0.188. The lowest BCUT2D eigenvalue weighted by atomic mass is 10.2. The molecule has 1 amide bonds. The van der Waals surface area contributed by atoms with Crippen molar-refractivity contribution in [1.82, 2.24) is 0 Å². The summed E-state index contributed by atoms with van der Waals surface area (Å²) < 4.78 is 47.9. The molecule has 0 unspecified atom stereocenters. The SMILES string of the molecule is COc1ccc(NC(=O)COc2cccc(C(F)(F)F)c2)cc1Cl. The highest BCUT2D eigenvalue weighted by Gasteiger charge is 2.30. The zero-order valence-electron chi connectivity index (χ0n) is 12.5. The number of ether oxygens (including phenoxy) is 2. The van der Waals surface area contributed by atoms with E-state index in [1.54, 1.807) is 12.1 Å². The molecular formula is C16H13ClF3NO3. The van der Waals surface area contributed by atoms with Gasteiger partial charge >= 0.3 is 6.18 Å². The van der Waals surface area contributed by atoms with Gasteiger partial charge in [-0.05, 0) is 36.4 Å². The van der Waals surface area contributed by atoms with Crippen LogP contribution in [0.2, 0.25) is 5.02 Å². The van der Waals surface area contributed by atoms with Crippen molar-refractivity contribution >= 4 is 23.2 Å². The minimum atomic E-state index is -4.47. The Balaban J connectivity index is 1.95. The molecule has 0 aliphatic carbocycles. The molecule has 0 atom stereocenters. The van der Waals surface area contributed by atoms with E-state index in [0.29, 0.717) is 16.5 Å². The largest absolute Gasteiger partial charge is 0.495 e. The van der Waals surface area contributed by atoms with Crippen molar-refractivity contribution in [3.05, 3.63) is 53.1 Å². The first-order valence-corrected chi connectivity index (χ1v) is 7.11. The second kappa shape index (κ2) is 7.44. The third-order valence-electron chi connectivity index (χ3n) is 2.97. The third-order valence-corrected chi connectivity index (χ3v) is 3.26. The van der Waals surface area contributed by atoms with Crippen molar-refractivity contribution in [2.24, 2.45) is 0 Å². The summed E-state index contributed by atoms with van der Waals surface area (Å²) in [5.41, 5.74) is -0.430. The van der Waals surface area contributed by atoms with Crippen LogP contribution in [0.25, 0.3) is 0 Å². The van der Waals surface area contributed by atoms with Crippen LogP contribution in [0.3, 0.4) is 0 Å². The van der Waals surface area contributed by atoms with E-state index in [-0.39, 0.29) is 5.75 Å². The average molecular weight is 360 g/mol. The molecule has 24 heavy (non-hydrogen) atoms. The maximum absolute atomic E-state index is 12.6. The number of hydrogen-bond donors (Lipinski definition) is 1. The summed E-state index contributed by atoms with van der Waals surface area (Å²) in [5, 5.41) is 2.84. The molecule has 0 aliphatic heterocycles. The van der Waals surface area contributed by atoms with E-state index in [1.807, 2.05) is 0 Å². The quantitative estimate of drug-likeness (QED) is 0.861. The monoisotopic (exact) mass is 359 g/mol. The summed E-state index contributed by atoms with van der Waals surface area (Å²) in [6.45, 7) is -0.440. The predicted octanol–water partition coefficient (Wildman–Crippen LogP) is 4.38. The van der Waals surface area contributed by atoms with Gasteiger partial charge in [0.2, 0.25) is 0 Å². The second-order valence-corrected chi connectivity index (χ2v) is 5.12. The standard InChI is InChI=1S/C16H13ClF3NO3/c1-23-14-6-5-11(8-13(14)17)21-15(22)9-24-12-4-2-3-10(7-12)16(18,19)20/h2-8H,9H2,1H3,(H,21,22). The summed E-state index contributed by atoms with van der Waals surface area (Å²) in [4.78, 5) is 11.8. The summed E-state index contributed by atoms with van der Waals surface area (Å²) in [6, 6.07) is 8.94. The van der Waals surface area contributed by atoms with Crippen LogP contribution in [-0.2, 0) is 11.0 Å². The molecule has 0 spiro atoms. The number of halogens is 4. The first-order chi connectivity index (χ1) is 11.3. The lowest BCUT2D eigenvalue weighted by molar-refractivity contribution is -0.137. The van der Waals surface area contributed by atoms with Crippen molar-refractivity contribution in [1.29, 1.82) is 0 Å². The Bertz CT molecular complexity index is 735. The molecule has 0 aliphatic rings. The number of carbonyl (C=O) groups excluding carboxylic acids is 1. The number of carbonyl (C=O) groups is 1. The molecule has 0 fully saturated rings. The normalized spacial score (nSPS) is 11.0. The minimum Gasteiger partial charge on any atom is -0.495 e. The molecule has 0 aromatic heterocycles. The molecule has 2 rings (SSSR count). The van der Waals surface area contributed by atoms with E-state index >= 15 is 0 Å². The van der Waals surface area contributed by atoms with Gasteiger partial charge in [0.1, 0.15) is 11.5 Å². The first kappa shape index (κ1) is 17.9. The number of nitrogens with one attached hydrogen (secondary N) is 1. The number of amides is 1. The first-order valence-electron chi connectivity index (χ1n) is 6.73. The number of rotatable bonds is 5. The molecule has 2 aromatic rings. The van der Waals surface area contributed by atoms with Crippen LogP contribution >= 0.6 is 11.6 Å². The molecular weight excluding hydrogens is 347 g/mol. The summed E-state index contributed by atoms with van der Waals surface area (Å²) in [7, 11) is 1.46. The number of methoxy groups -OCH3 is 1. The molecule has 0 radical (unpaired) electrons. The fourth-order valence-electron chi connectivity index (χ4n) is 1.85. The summed E-state index contributed by atoms with van der Waals surface area (Å²) >= 11 is 5.93. The van der Waals surface area contributed by atoms with Crippen LogP contribution in [0.5, 0.6) is 11.5 Å². The van der Waals surface area contributed by atoms with Gasteiger partial charge in [-0.2, -0.15) is 13.2 Å². The fourth-order valence-corrected chi connectivity index (χ4v) is 2.11. The smallest absolute Gasteiger partial charge is 0.416 e. The average Bonchev–Trinajstić information content (AvgIpc) is 2.53. The van der Waals surface area contributed by atoms with Crippen LogP contribution < -0.4 is 14.8 Å². The second-order valence-electron chi connectivity index (χ2n) is 4.71. The highest BCUT2D eigenvalue weighted by atomic mass is 35.5. The molecule has 2 aromatic carbocycles. The zero-order valence-corrected chi connectivity index (χ0v) is 13.2. The number of hydrogen-bond acceptors (Lipinski definition) is 3. The number of alkyl halides is 3.